The number of benzene rings is 2. The van der Waals surface area contributed by atoms with Crippen LogP contribution in [0, 0.1) is 11.6 Å². The van der Waals surface area contributed by atoms with Gasteiger partial charge in [0.15, 0.2) is 0 Å². The van der Waals surface area contributed by atoms with Crippen molar-refractivity contribution >= 4 is 24.2 Å². The predicted molar refractivity (Wildman–Crippen MR) is 155 cm³/mol. The van der Waals surface area contributed by atoms with Crippen molar-refractivity contribution in [2.75, 3.05) is 32.7 Å². The molecule has 0 unspecified atom stereocenters. The zero-order valence-corrected chi connectivity index (χ0v) is 24.5. The lowest BCUT2D eigenvalue weighted by Crippen LogP contribution is -2.59. The summed E-state index contributed by atoms with van der Waals surface area (Å²) < 4.78 is 27.7. The molecule has 0 bridgehead atoms. The Hall–Kier alpha value is -2.59. The standard InChI is InChI=1S/C30H42F2N4O3.ClH/c1-4-6-10-35-11-12-36(21(3)30(35)39)20-29(38)34-27(16-24-14-25(31)17-26(32)15-24)28(37)19-33-18-23-9-7-8-22(5-2)13-23;/h7-9,13-15,17,21,27-28,33,37H,4-6,10-12,16,18-20H2,1-3H3,(H,34,38);1H/t21-,27+,28-;/m1./s1. The normalized spacial score (nSPS) is 17.3. The molecule has 0 saturated carbocycles. The summed E-state index contributed by atoms with van der Waals surface area (Å²) in [7, 11) is 0. The summed E-state index contributed by atoms with van der Waals surface area (Å²) in [5.41, 5.74) is 2.62. The molecule has 3 rings (SSSR count). The Morgan fingerprint density at radius 1 is 1.07 bits per heavy atom. The number of aliphatic hydroxyl groups is 1. The van der Waals surface area contributed by atoms with Crippen molar-refractivity contribution < 1.29 is 23.5 Å². The molecule has 2 amide bonds. The smallest absolute Gasteiger partial charge is 0.239 e. The molecule has 2 aromatic carbocycles. The summed E-state index contributed by atoms with van der Waals surface area (Å²) >= 11 is 0. The molecule has 0 aromatic heterocycles. The van der Waals surface area contributed by atoms with E-state index in [2.05, 4.69) is 36.6 Å². The van der Waals surface area contributed by atoms with Gasteiger partial charge in [-0.2, -0.15) is 0 Å². The van der Waals surface area contributed by atoms with Crippen molar-refractivity contribution in [3.63, 3.8) is 0 Å². The molecular formula is C30H43ClF2N4O3. The van der Waals surface area contributed by atoms with Crippen LogP contribution < -0.4 is 10.6 Å². The van der Waals surface area contributed by atoms with E-state index in [-0.39, 0.29) is 43.7 Å². The Bertz CT molecular complexity index is 1090. The fourth-order valence-electron chi connectivity index (χ4n) is 4.93. The highest BCUT2D eigenvalue weighted by atomic mass is 35.5. The van der Waals surface area contributed by atoms with Crippen LogP contribution >= 0.6 is 12.4 Å². The van der Waals surface area contributed by atoms with Crippen LogP contribution in [0.4, 0.5) is 8.78 Å². The lowest BCUT2D eigenvalue weighted by molar-refractivity contribution is -0.142. The second-order valence-corrected chi connectivity index (χ2v) is 10.4. The third kappa shape index (κ3) is 10.1. The van der Waals surface area contributed by atoms with E-state index < -0.39 is 29.8 Å². The van der Waals surface area contributed by atoms with E-state index in [1.807, 2.05) is 21.9 Å². The fourth-order valence-corrected chi connectivity index (χ4v) is 4.93. The van der Waals surface area contributed by atoms with Crippen LogP contribution in [0.1, 0.15) is 50.3 Å². The van der Waals surface area contributed by atoms with Gasteiger partial charge in [-0.15, -0.1) is 12.4 Å². The van der Waals surface area contributed by atoms with E-state index in [9.17, 15) is 23.5 Å². The third-order valence-electron chi connectivity index (χ3n) is 7.27. The Morgan fingerprint density at radius 2 is 1.77 bits per heavy atom. The zero-order valence-electron chi connectivity index (χ0n) is 23.7. The average Bonchev–Trinajstić information content (AvgIpc) is 2.90. The second kappa shape index (κ2) is 16.6. The van der Waals surface area contributed by atoms with E-state index in [4.69, 9.17) is 0 Å². The van der Waals surface area contributed by atoms with Crippen LogP contribution in [0.5, 0.6) is 0 Å². The maximum Gasteiger partial charge on any atom is 0.239 e. The minimum Gasteiger partial charge on any atom is -0.390 e. The lowest BCUT2D eigenvalue weighted by Gasteiger charge is -2.39. The zero-order chi connectivity index (χ0) is 28.4. The van der Waals surface area contributed by atoms with Gasteiger partial charge >= 0.3 is 0 Å². The van der Waals surface area contributed by atoms with Crippen molar-refractivity contribution in [2.24, 2.45) is 0 Å². The summed E-state index contributed by atoms with van der Waals surface area (Å²) in [6, 6.07) is 10.1. The molecule has 40 heavy (non-hydrogen) atoms. The average molecular weight is 581 g/mol. The molecule has 1 aliphatic rings. The number of rotatable bonds is 14. The van der Waals surface area contributed by atoms with Gasteiger partial charge in [0.25, 0.3) is 0 Å². The first-order valence-electron chi connectivity index (χ1n) is 13.9. The maximum absolute atomic E-state index is 13.8. The van der Waals surface area contributed by atoms with E-state index in [1.54, 1.807) is 6.92 Å². The van der Waals surface area contributed by atoms with Gasteiger partial charge in [-0.05, 0) is 55.0 Å². The number of hydrogen-bond donors (Lipinski definition) is 3. The number of carbonyl (C=O) groups is 2. The maximum atomic E-state index is 13.8. The van der Waals surface area contributed by atoms with Crippen LogP contribution in [0.2, 0.25) is 0 Å². The Labute approximate surface area is 242 Å². The van der Waals surface area contributed by atoms with Crippen LogP contribution in [-0.4, -0.2) is 77.6 Å². The van der Waals surface area contributed by atoms with Crippen molar-refractivity contribution in [3.8, 4) is 0 Å². The number of aliphatic hydroxyl groups excluding tert-OH is 1. The molecule has 10 heteroatoms. The molecule has 3 atom stereocenters. The monoisotopic (exact) mass is 580 g/mol. The van der Waals surface area contributed by atoms with Crippen molar-refractivity contribution in [1.82, 2.24) is 20.4 Å². The molecule has 1 saturated heterocycles. The van der Waals surface area contributed by atoms with Gasteiger partial charge in [-0.1, -0.05) is 44.5 Å². The summed E-state index contributed by atoms with van der Waals surface area (Å²) in [6.07, 6.45) is 1.90. The number of amides is 2. The van der Waals surface area contributed by atoms with E-state index in [0.29, 0.717) is 31.7 Å². The SMILES string of the molecule is CCCCN1CCN(CC(=O)N[C@@H](Cc2cc(F)cc(F)c2)[C@H](O)CNCc2cccc(CC)c2)[C@H](C)C1=O.Cl. The quantitative estimate of drug-likeness (QED) is 0.319. The molecule has 1 fully saturated rings. The molecule has 2 aromatic rings. The van der Waals surface area contributed by atoms with Gasteiger partial charge in [-0.25, -0.2) is 8.78 Å². The Kier molecular flexibility index (Phi) is 14.0. The van der Waals surface area contributed by atoms with E-state index >= 15 is 0 Å². The summed E-state index contributed by atoms with van der Waals surface area (Å²) in [5.74, 6) is -1.78. The number of piperazine rings is 1. The van der Waals surface area contributed by atoms with E-state index in [1.165, 1.54) is 17.7 Å². The molecule has 1 aliphatic heterocycles. The molecule has 0 aliphatic carbocycles. The lowest BCUT2D eigenvalue weighted by atomic mass is 10.00. The molecule has 222 valence electrons. The highest BCUT2D eigenvalue weighted by molar-refractivity contribution is 5.85. The summed E-state index contributed by atoms with van der Waals surface area (Å²) in [6.45, 7) is 8.51. The summed E-state index contributed by atoms with van der Waals surface area (Å²) in [5, 5.41) is 17.1. The molecule has 3 N–H and O–H groups in total. The Balaban J connectivity index is 0.00000560. The highest BCUT2D eigenvalue weighted by Crippen LogP contribution is 2.14. The van der Waals surface area contributed by atoms with E-state index in [0.717, 1.165) is 30.9 Å². The third-order valence-corrected chi connectivity index (χ3v) is 7.27. The Morgan fingerprint density at radius 3 is 2.45 bits per heavy atom. The fraction of sp³-hybridized carbons (Fsp3) is 0.533. The molecule has 0 spiro atoms. The van der Waals surface area contributed by atoms with Gasteiger partial charge in [-0.3, -0.25) is 14.5 Å². The molecular weight excluding hydrogens is 538 g/mol. The number of carbonyl (C=O) groups excluding carboxylic acids is 2. The topological polar surface area (TPSA) is 84.9 Å². The number of hydrogen-bond acceptors (Lipinski definition) is 5. The molecule has 0 radical (unpaired) electrons. The van der Waals surface area contributed by atoms with Crippen LogP contribution in [0.15, 0.2) is 42.5 Å². The largest absolute Gasteiger partial charge is 0.390 e. The van der Waals surface area contributed by atoms with Crippen LogP contribution in [0.25, 0.3) is 0 Å². The van der Waals surface area contributed by atoms with Gasteiger partial charge in [0.2, 0.25) is 11.8 Å². The van der Waals surface area contributed by atoms with Gasteiger partial charge < -0.3 is 20.6 Å². The number of unbranched alkanes of at least 4 members (excludes halogenated alkanes) is 1. The number of halogens is 3. The number of nitrogens with one attached hydrogen (secondary N) is 2. The minimum absolute atomic E-state index is 0. The first-order valence-corrected chi connectivity index (χ1v) is 13.9. The summed E-state index contributed by atoms with van der Waals surface area (Å²) in [4.78, 5) is 29.5. The molecule has 7 nitrogen and oxygen atoms in total. The molecule has 1 heterocycles. The van der Waals surface area contributed by atoms with Gasteiger partial charge in [0.1, 0.15) is 11.6 Å². The van der Waals surface area contributed by atoms with Gasteiger partial charge in [0.05, 0.1) is 24.7 Å². The predicted octanol–water partition coefficient (Wildman–Crippen LogP) is 3.46. The van der Waals surface area contributed by atoms with Gasteiger partial charge in [0, 0.05) is 38.8 Å². The minimum atomic E-state index is -1.01. The van der Waals surface area contributed by atoms with Crippen LogP contribution in [-0.2, 0) is 29.0 Å². The van der Waals surface area contributed by atoms with Crippen LogP contribution in [0.3, 0.4) is 0 Å². The first kappa shape index (κ1) is 33.6. The van der Waals surface area contributed by atoms with Crippen molar-refractivity contribution in [1.29, 1.82) is 0 Å². The number of nitrogens with zero attached hydrogens (tertiary/aromatic N) is 2. The first-order chi connectivity index (χ1) is 18.7. The van der Waals surface area contributed by atoms with Crippen molar-refractivity contribution in [2.45, 2.75) is 71.2 Å². The highest BCUT2D eigenvalue weighted by Gasteiger charge is 2.32. The van der Waals surface area contributed by atoms with Crippen molar-refractivity contribution in [3.05, 3.63) is 70.8 Å². The second-order valence-electron chi connectivity index (χ2n) is 10.4. The number of aryl methyl sites for hydroxylation is 1.